The maximum absolute atomic E-state index is 13.6. The molecule has 5 rings (SSSR count). The van der Waals surface area contributed by atoms with Crippen LogP contribution in [-0.4, -0.2) is 64.1 Å². The summed E-state index contributed by atoms with van der Waals surface area (Å²) in [5, 5.41) is 2.88. The Bertz CT molecular complexity index is 1740. The van der Waals surface area contributed by atoms with E-state index in [2.05, 4.69) is 46.3 Å². The molecule has 258 valence electrons. The van der Waals surface area contributed by atoms with Gasteiger partial charge < -0.3 is 19.4 Å². The lowest BCUT2D eigenvalue weighted by atomic mass is 9.77. The molecular formula is C41H44N4O5. The summed E-state index contributed by atoms with van der Waals surface area (Å²) in [5.74, 6) is -1.49. The summed E-state index contributed by atoms with van der Waals surface area (Å²) in [7, 11) is 1.31. The highest BCUT2D eigenvalue weighted by Crippen LogP contribution is 2.40. The molecule has 9 heteroatoms. The van der Waals surface area contributed by atoms with E-state index in [9.17, 15) is 14.4 Å². The SMILES string of the molecule is COC(=O)CN(CC(=O)N[C@@H](Cc1cn(C(c2ccccc2)(c2ccccc2)c2ccccc2)cn1)C(=O)OC(C)(C)C)Cc1ccccc1. The molecule has 0 saturated heterocycles. The predicted molar refractivity (Wildman–Crippen MR) is 192 cm³/mol. The molecular weight excluding hydrogens is 628 g/mol. The quantitative estimate of drug-likeness (QED) is 0.118. The first-order valence-electron chi connectivity index (χ1n) is 16.6. The van der Waals surface area contributed by atoms with Crippen molar-refractivity contribution in [3.05, 3.63) is 162 Å². The monoisotopic (exact) mass is 672 g/mol. The topological polar surface area (TPSA) is 103 Å². The summed E-state index contributed by atoms with van der Waals surface area (Å²) < 4.78 is 12.7. The third kappa shape index (κ3) is 8.92. The van der Waals surface area contributed by atoms with Crippen molar-refractivity contribution in [3.63, 3.8) is 0 Å². The normalized spacial score (nSPS) is 12.3. The fourth-order valence-corrected chi connectivity index (χ4v) is 6.11. The van der Waals surface area contributed by atoms with Gasteiger partial charge in [0, 0.05) is 19.2 Å². The van der Waals surface area contributed by atoms with Gasteiger partial charge in [0.15, 0.2) is 0 Å². The molecule has 0 aliphatic rings. The van der Waals surface area contributed by atoms with E-state index in [1.165, 1.54) is 7.11 Å². The zero-order chi connectivity index (χ0) is 35.6. The number of benzene rings is 4. The Balaban J connectivity index is 1.48. The van der Waals surface area contributed by atoms with Gasteiger partial charge in [-0.05, 0) is 43.0 Å². The number of methoxy groups -OCH3 is 1. The highest BCUT2D eigenvalue weighted by molar-refractivity contribution is 5.86. The molecule has 0 unspecified atom stereocenters. The van der Waals surface area contributed by atoms with E-state index in [1.807, 2.05) is 91.1 Å². The van der Waals surface area contributed by atoms with Crippen LogP contribution >= 0.6 is 0 Å². The molecule has 1 aromatic heterocycles. The number of amides is 1. The van der Waals surface area contributed by atoms with Crippen molar-refractivity contribution >= 4 is 17.8 Å². The minimum atomic E-state index is -1.04. The van der Waals surface area contributed by atoms with Gasteiger partial charge in [0.25, 0.3) is 0 Å². The van der Waals surface area contributed by atoms with Crippen molar-refractivity contribution < 1.29 is 23.9 Å². The van der Waals surface area contributed by atoms with Crippen LogP contribution in [0.1, 0.15) is 48.7 Å². The summed E-state index contributed by atoms with van der Waals surface area (Å²) in [6.45, 7) is 5.45. The predicted octanol–water partition coefficient (Wildman–Crippen LogP) is 5.77. The van der Waals surface area contributed by atoms with E-state index in [-0.39, 0.29) is 19.5 Å². The molecule has 50 heavy (non-hydrogen) atoms. The molecule has 1 N–H and O–H groups in total. The van der Waals surface area contributed by atoms with Crippen molar-refractivity contribution in [2.75, 3.05) is 20.2 Å². The van der Waals surface area contributed by atoms with Crippen LogP contribution < -0.4 is 5.32 Å². The summed E-state index contributed by atoms with van der Waals surface area (Å²) in [4.78, 5) is 45.9. The lowest BCUT2D eigenvalue weighted by Gasteiger charge is -2.37. The number of nitrogens with one attached hydrogen (secondary N) is 1. The van der Waals surface area contributed by atoms with E-state index in [4.69, 9.17) is 14.5 Å². The minimum absolute atomic E-state index is 0.0811. The standard InChI is InChI=1S/C41H44N4O5/c1-40(2,3)50-39(48)36(43-37(46)28-44(29-38(47)49-4)26-31-17-9-5-10-18-31)25-35-27-45(30-42-35)41(32-19-11-6-12-20-32,33-21-13-7-14-22-33)34-23-15-8-16-24-34/h5-24,27,30,36H,25-26,28-29H2,1-4H3,(H,43,46)/t36-/m0/s1. The van der Waals surface area contributed by atoms with Crippen molar-refractivity contribution in [2.45, 2.75) is 50.9 Å². The maximum Gasteiger partial charge on any atom is 0.329 e. The second-order valence-electron chi connectivity index (χ2n) is 13.1. The molecule has 1 atom stereocenters. The van der Waals surface area contributed by atoms with E-state index >= 15 is 0 Å². The summed E-state index contributed by atoms with van der Waals surface area (Å²) in [6.07, 6.45) is 3.78. The Hall–Kier alpha value is -5.54. The lowest BCUT2D eigenvalue weighted by Crippen LogP contribution is -2.49. The van der Waals surface area contributed by atoms with Gasteiger partial charge >= 0.3 is 11.9 Å². The largest absolute Gasteiger partial charge is 0.468 e. The van der Waals surface area contributed by atoms with Crippen LogP contribution in [0, 0.1) is 0 Å². The van der Waals surface area contributed by atoms with Crippen LogP contribution in [0.2, 0.25) is 0 Å². The molecule has 4 aromatic carbocycles. The first-order chi connectivity index (χ1) is 24.1. The first-order valence-corrected chi connectivity index (χ1v) is 16.6. The number of carbonyl (C=O) groups is 3. The van der Waals surface area contributed by atoms with Gasteiger partial charge in [0.1, 0.15) is 17.2 Å². The van der Waals surface area contributed by atoms with Gasteiger partial charge in [0.05, 0.1) is 32.2 Å². The molecule has 0 aliphatic heterocycles. The van der Waals surface area contributed by atoms with Crippen LogP contribution in [0.25, 0.3) is 0 Å². The zero-order valence-corrected chi connectivity index (χ0v) is 29.0. The highest BCUT2D eigenvalue weighted by Gasteiger charge is 2.39. The average molecular weight is 673 g/mol. The smallest absolute Gasteiger partial charge is 0.329 e. The van der Waals surface area contributed by atoms with Crippen molar-refractivity contribution in [1.29, 1.82) is 0 Å². The van der Waals surface area contributed by atoms with E-state index < -0.39 is 35.0 Å². The first kappa shape index (κ1) is 35.8. The Morgan fingerprint density at radius 2 is 1.26 bits per heavy atom. The molecule has 5 aromatic rings. The van der Waals surface area contributed by atoms with Crippen molar-refractivity contribution in [2.24, 2.45) is 0 Å². The zero-order valence-electron chi connectivity index (χ0n) is 29.0. The Kier molecular flexibility index (Phi) is 11.6. The molecule has 0 bridgehead atoms. The van der Waals surface area contributed by atoms with Crippen LogP contribution in [-0.2, 0) is 42.4 Å². The number of imidazole rings is 1. The number of rotatable bonds is 14. The highest BCUT2D eigenvalue weighted by atomic mass is 16.6. The van der Waals surface area contributed by atoms with Gasteiger partial charge in [-0.2, -0.15) is 0 Å². The van der Waals surface area contributed by atoms with Crippen LogP contribution in [0.3, 0.4) is 0 Å². The van der Waals surface area contributed by atoms with Gasteiger partial charge in [-0.25, -0.2) is 9.78 Å². The van der Waals surface area contributed by atoms with Crippen molar-refractivity contribution in [3.8, 4) is 0 Å². The number of hydrogen-bond acceptors (Lipinski definition) is 7. The molecule has 0 radical (unpaired) electrons. The van der Waals surface area contributed by atoms with Crippen LogP contribution in [0.5, 0.6) is 0 Å². The molecule has 0 aliphatic carbocycles. The Morgan fingerprint density at radius 3 is 1.74 bits per heavy atom. The average Bonchev–Trinajstić information content (AvgIpc) is 3.58. The van der Waals surface area contributed by atoms with Gasteiger partial charge in [-0.3, -0.25) is 14.5 Å². The number of ether oxygens (including phenoxy) is 2. The summed E-state index contributed by atoms with van der Waals surface area (Å²) >= 11 is 0. The van der Waals surface area contributed by atoms with E-state index in [0.29, 0.717) is 12.2 Å². The van der Waals surface area contributed by atoms with Crippen LogP contribution in [0.15, 0.2) is 134 Å². The molecule has 0 spiro atoms. The molecule has 9 nitrogen and oxygen atoms in total. The lowest BCUT2D eigenvalue weighted by molar-refractivity contribution is -0.158. The van der Waals surface area contributed by atoms with Gasteiger partial charge in [-0.15, -0.1) is 0 Å². The van der Waals surface area contributed by atoms with Gasteiger partial charge in [0.2, 0.25) is 5.91 Å². The van der Waals surface area contributed by atoms with Crippen LogP contribution in [0.4, 0.5) is 0 Å². The number of esters is 2. The van der Waals surface area contributed by atoms with E-state index in [1.54, 1.807) is 32.0 Å². The fourth-order valence-electron chi connectivity index (χ4n) is 6.11. The number of hydrogen-bond donors (Lipinski definition) is 1. The minimum Gasteiger partial charge on any atom is -0.468 e. The molecule has 0 fully saturated rings. The van der Waals surface area contributed by atoms with Crippen molar-refractivity contribution in [1.82, 2.24) is 19.8 Å². The fraction of sp³-hybridized carbons (Fsp3) is 0.268. The number of carbonyl (C=O) groups excluding carboxylic acids is 3. The number of aromatic nitrogens is 2. The third-order valence-electron chi connectivity index (χ3n) is 8.23. The second kappa shape index (κ2) is 16.2. The second-order valence-corrected chi connectivity index (χ2v) is 13.1. The Labute approximate surface area is 293 Å². The molecule has 0 saturated carbocycles. The Morgan fingerprint density at radius 1 is 0.760 bits per heavy atom. The molecule has 1 amide bonds. The number of nitrogens with zero attached hydrogens (tertiary/aromatic N) is 3. The third-order valence-corrected chi connectivity index (χ3v) is 8.23. The van der Waals surface area contributed by atoms with Gasteiger partial charge in [-0.1, -0.05) is 121 Å². The molecule has 1 heterocycles. The van der Waals surface area contributed by atoms with E-state index in [0.717, 1.165) is 22.3 Å². The maximum atomic E-state index is 13.6. The summed E-state index contributed by atoms with van der Waals surface area (Å²) in [5.41, 5.74) is 3.03. The summed E-state index contributed by atoms with van der Waals surface area (Å²) in [6, 6.07) is 39.1.